The van der Waals surface area contributed by atoms with Crippen molar-refractivity contribution >= 4 is 5.69 Å². The van der Waals surface area contributed by atoms with E-state index < -0.39 is 0 Å². The standard InChI is InChI=1S/C13H18N2O3/c14-18-8-10-3-5-15(6-4-10)11-1-2-12-13(7-11)17-9-16-12/h1-2,7,10H,3-6,8-9,14H2. The molecule has 0 aromatic heterocycles. The molecule has 0 bridgehead atoms. The van der Waals surface area contributed by atoms with Gasteiger partial charge < -0.3 is 19.2 Å². The third-order valence-corrected chi connectivity index (χ3v) is 3.67. The van der Waals surface area contributed by atoms with Crippen LogP contribution in [0.5, 0.6) is 11.5 Å². The molecule has 0 aliphatic carbocycles. The molecule has 98 valence electrons. The van der Waals surface area contributed by atoms with Crippen LogP contribution < -0.4 is 20.3 Å². The van der Waals surface area contributed by atoms with E-state index in [1.165, 1.54) is 5.69 Å². The molecule has 0 spiro atoms. The smallest absolute Gasteiger partial charge is 0.231 e. The van der Waals surface area contributed by atoms with E-state index in [1.54, 1.807) is 0 Å². The lowest BCUT2D eigenvalue weighted by molar-refractivity contribution is 0.0918. The zero-order valence-electron chi connectivity index (χ0n) is 10.3. The van der Waals surface area contributed by atoms with Gasteiger partial charge in [-0.3, -0.25) is 0 Å². The molecule has 2 aliphatic rings. The van der Waals surface area contributed by atoms with E-state index >= 15 is 0 Å². The van der Waals surface area contributed by atoms with Crippen molar-refractivity contribution < 1.29 is 14.3 Å². The Morgan fingerprint density at radius 2 is 2.00 bits per heavy atom. The number of rotatable bonds is 3. The lowest BCUT2D eigenvalue weighted by atomic mass is 9.97. The Balaban J connectivity index is 1.66. The minimum Gasteiger partial charge on any atom is -0.454 e. The van der Waals surface area contributed by atoms with Gasteiger partial charge in [0.1, 0.15) is 0 Å². The van der Waals surface area contributed by atoms with Gasteiger partial charge in [0, 0.05) is 24.8 Å². The summed E-state index contributed by atoms with van der Waals surface area (Å²) in [5.74, 6) is 7.39. The number of piperidine rings is 1. The van der Waals surface area contributed by atoms with E-state index in [9.17, 15) is 0 Å². The first-order valence-corrected chi connectivity index (χ1v) is 6.33. The summed E-state index contributed by atoms with van der Waals surface area (Å²) < 4.78 is 10.7. The molecule has 2 aliphatic heterocycles. The van der Waals surface area contributed by atoms with Crippen LogP contribution in [-0.2, 0) is 4.84 Å². The number of benzene rings is 1. The highest BCUT2D eigenvalue weighted by Gasteiger charge is 2.21. The van der Waals surface area contributed by atoms with Crippen LogP contribution in [0, 0.1) is 5.92 Å². The van der Waals surface area contributed by atoms with Crippen LogP contribution in [-0.4, -0.2) is 26.5 Å². The van der Waals surface area contributed by atoms with Gasteiger partial charge in [-0.05, 0) is 30.9 Å². The monoisotopic (exact) mass is 250 g/mol. The summed E-state index contributed by atoms with van der Waals surface area (Å²) in [6.45, 7) is 3.06. The van der Waals surface area contributed by atoms with E-state index in [4.69, 9.17) is 20.2 Å². The lowest BCUT2D eigenvalue weighted by Crippen LogP contribution is -2.35. The summed E-state index contributed by atoms with van der Waals surface area (Å²) in [4.78, 5) is 7.10. The summed E-state index contributed by atoms with van der Waals surface area (Å²) in [6.07, 6.45) is 2.23. The molecule has 5 heteroatoms. The number of nitrogens with two attached hydrogens (primary N) is 1. The molecule has 1 aromatic rings. The molecule has 1 saturated heterocycles. The van der Waals surface area contributed by atoms with Crippen LogP contribution in [0.3, 0.4) is 0 Å². The third-order valence-electron chi connectivity index (χ3n) is 3.67. The summed E-state index contributed by atoms with van der Waals surface area (Å²) >= 11 is 0. The predicted molar refractivity (Wildman–Crippen MR) is 67.6 cm³/mol. The quantitative estimate of drug-likeness (QED) is 0.824. The number of anilines is 1. The zero-order valence-corrected chi connectivity index (χ0v) is 10.3. The highest BCUT2D eigenvalue weighted by molar-refractivity contribution is 5.57. The average molecular weight is 250 g/mol. The van der Waals surface area contributed by atoms with Crippen LogP contribution in [0.4, 0.5) is 5.69 Å². The molecular weight excluding hydrogens is 232 g/mol. The molecular formula is C13H18N2O3. The predicted octanol–water partition coefficient (Wildman–Crippen LogP) is 1.52. The molecule has 1 aromatic carbocycles. The molecule has 0 amide bonds. The number of hydrogen-bond donors (Lipinski definition) is 1. The Kier molecular flexibility index (Phi) is 3.25. The second-order valence-electron chi connectivity index (χ2n) is 4.80. The first-order chi connectivity index (χ1) is 8.86. The summed E-state index contributed by atoms with van der Waals surface area (Å²) in [5, 5.41) is 0. The summed E-state index contributed by atoms with van der Waals surface area (Å²) in [6, 6.07) is 6.13. The molecule has 2 N–H and O–H groups in total. The van der Waals surface area contributed by atoms with Crippen molar-refractivity contribution in [1.82, 2.24) is 0 Å². The fraction of sp³-hybridized carbons (Fsp3) is 0.538. The molecule has 0 atom stereocenters. The van der Waals surface area contributed by atoms with Gasteiger partial charge in [0.05, 0.1) is 6.61 Å². The summed E-state index contributed by atoms with van der Waals surface area (Å²) in [5.41, 5.74) is 1.20. The summed E-state index contributed by atoms with van der Waals surface area (Å²) in [7, 11) is 0. The number of fused-ring (bicyclic) bond motifs is 1. The highest BCUT2D eigenvalue weighted by Crippen LogP contribution is 2.36. The Hall–Kier alpha value is -1.46. The first kappa shape index (κ1) is 11.6. The fourth-order valence-corrected chi connectivity index (χ4v) is 2.58. The molecule has 0 radical (unpaired) electrons. The Labute approximate surface area is 106 Å². The van der Waals surface area contributed by atoms with Crippen molar-refractivity contribution in [1.29, 1.82) is 0 Å². The highest BCUT2D eigenvalue weighted by atomic mass is 16.7. The van der Waals surface area contributed by atoms with E-state index in [0.717, 1.165) is 37.4 Å². The SMILES string of the molecule is NOCC1CCN(c2ccc3c(c2)OCO3)CC1. The molecule has 18 heavy (non-hydrogen) atoms. The van der Waals surface area contributed by atoms with Crippen LogP contribution in [0.1, 0.15) is 12.8 Å². The third kappa shape index (κ3) is 2.23. The van der Waals surface area contributed by atoms with Gasteiger partial charge in [-0.1, -0.05) is 0 Å². The molecule has 2 heterocycles. The Morgan fingerprint density at radius 1 is 1.22 bits per heavy atom. The lowest BCUT2D eigenvalue weighted by Gasteiger charge is -2.33. The second kappa shape index (κ2) is 5.04. The van der Waals surface area contributed by atoms with Crippen LogP contribution in [0.25, 0.3) is 0 Å². The minimum atomic E-state index is 0.328. The fourth-order valence-electron chi connectivity index (χ4n) is 2.58. The zero-order chi connectivity index (χ0) is 12.4. The minimum absolute atomic E-state index is 0.328. The molecule has 3 rings (SSSR count). The van der Waals surface area contributed by atoms with Gasteiger partial charge >= 0.3 is 0 Å². The van der Waals surface area contributed by atoms with Gasteiger partial charge in [-0.2, -0.15) is 0 Å². The molecule has 0 unspecified atom stereocenters. The van der Waals surface area contributed by atoms with Crippen molar-refractivity contribution in [2.24, 2.45) is 11.8 Å². The topological polar surface area (TPSA) is 57.0 Å². The van der Waals surface area contributed by atoms with Crippen molar-refractivity contribution in [2.45, 2.75) is 12.8 Å². The second-order valence-corrected chi connectivity index (χ2v) is 4.80. The normalized spacial score (nSPS) is 19.3. The Bertz CT molecular complexity index is 417. The van der Waals surface area contributed by atoms with E-state index in [2.05, 4.69) is 17.0 Å². The largest absolute Gasteiger partial charge is 0.454 e. The number of nitrogens with zero attached hydrogens (tertiary/aromatic N) is 1. The van der Waals surface area contributed by atoms with Gasteiger partial charge in [0.15, 0.2) is 11.5 Å². The molecule has 0 saturated carbocycles. The maximum atomic E-state index is 5.40. The van der Waals surface area contributed by atoms with Crippen LogP contribution >= 0.6 is 0 Å². The Morgan fingerprint density at radius 3 is 2.78 bits per heavy atom. The van der Waals surface area contributed by atoms with Crippen molar-refractivity contribution in [3.05, 3.63) is 18.2 Å². The van der Waals surface area contributed by atoms with Crippen molar-refractivity contribution in [2.75, 3.05) is 31.4 Å². The van der Waals surface area contributed by atoms with Crippen molar-refractivity contribution in [3.8, 4) is 11.5 Å². The van der Waals surface area contributed by atoms with Gasteiger partial charge in [0.25, 0.3) is 0 Å². The average Bonchev–Trinajstić information content (AvgIpc) is 2.87. The molecule has 1 fully saturated rings. The van der Waals surface area contributed by atoms with Gasteiger partial charge in [-0.15, -0.1) is 0 Å². The number of ether oxygens (including phenoxy) is 2. The maximum absolute atomic E-state index is 5.40. The van der Waals surface area contributed by atoms with Crippen molar-refractivity contribution in [3.63, 3.8) is 0 Å². The van der Waals surface area contributed by atoms with E-state index in [-0.39, 0.29) is 0 Å². The van der Waals surface area contributed by atoms with Crippen LogP contribution in [0.15, 0.2) is 18.2 Å². The molecule has 5 nitrogen and oxygen atoms in total. The first-order valence-electron chi connectivity index (χ1n) is 6.33. The van der Waals surface area contributed by atoms with E-state index in [0.29, 0.717) is 19.3 Å². The van der Waals surface area contributed by atoms with Gasteiger partial charge in [-0.25, -0.2) is 5.90 Å². The van der Waals surface area contributed by atoms with Crippen LogP contribution in [0.2, 0.25) is 0 Å². The van der Waals surface area contributed by atoms with Gasteiger partial charge in [0.2, 0.25) is 6.79 Å². The van der Waals surface area contributed by atoms with E-state index in [1.807, 2.05) is 6.07 Å². The maximum Gasteiger partial charge on any atom is 0.231 e. The number of hydrogen-bond acceptors (Lipinski definition) is 5.